The number of halogens is 1. The van der Waals surface area contributed by atoms with Crippen molar-refractivity contribution in [3.63, 3.8) is 0 Å². The number of hydrogen-bond donors (Lipinski definition) is 0. The van der Waals surface area contributed by atoms with Crippen LogP contribution in [0.1, 0.15) is 13.8 Å². The van der Waals surface area contributed by atoms with Gasteiger partial charge in [-0.15, -0.1) is 11.6 Å². The molecule has 2 heteroatoms. The van der Waals surface area contributed by atoms with Crippen molar-refractivity contribution in [1.82, 2.24) is 0 Å². The van der Waals surface area contributed by atoms with Crippen molar-refractivity contribution >= 4 is 11.6 Å². The first-order valence-electron chi connectivity index (χ1n) is 2.87. The Hall–Kier alpha value is 0.250. The zero-order valence-corrected chi connectivity index (χ0v) is 6.03. The Morgan fingerprint density at radius 3 is 2.12 bits per heavy atom. The van der Waals surface area contributed by atoms with Crippen molar-refractivity contribution < 1.29 is 4.74 Å². The summed E-state index contributed by atoms with van der Waals surface area (Å²) in [7, 11) is 0. The zero-order valence-electron chi connectivity index (χ0n) is 5.28. The Bertz CT molecular complexity index is 86.5. The highest BCUT2D eigenvalue weighted by Crippen LogP contribution is 2.33. The van der Waals surface area contributed by atoms with Crippen LogP contribution in [0.5, 0.6) is 0 Å². The summed E-state index contributed by atoms with van der Waals surface area (Å²) < 4.78 is 5.01. The van der Waals surface area contributed by atoms with Crippen molar-refractivity contribution in [2.45, 2.75) is 19.2 Å². The largest absolute Gasteiger partial charge is 0.380 e. The van der Waals surface area contributed by atoms with Crippen LogP contribution < -0.4 is 0 Å². The minimum absolute atomic E-state index is 0.247. The molecule has 8 heavy (non-hydrogen) atoms. The van der Waals surface area contributed by atoms with Crippen molar-refractivity contribution in [3.8, 4) is 0 Å². The number of alkyl halides is 1. The van der Waals surface area contributed by atoms with Gasteiger partial charge in [0, 0.05) is 10.8 Å². The quantitative estimate of drug-likeness (QED) is 0.496. The van der Waals surface area contributed by atoms with Gasteiger partial charge in [-0.25, -0.2) is 0 Å². The standard InChI is InChI=1S/C6H11ClO/c1-5(7)6(2)3-8-4-6/h5H,3-4H2,1-2H3. The molecule has 0 aromatic carbocycles. The van der Waals surface area contributed by atoms with Crippen LogP contribution in [0.25, 0.3) is 0 Å². The van der Waals surface area contributed by atoms with E-state index in [2.05, 4.69) is 6.92 Å². The van der Waals surface area contributed by atoms with Gasteiger partial charge in [-0.3, -0.25) is 0 Å². The second kappa shape index (κ2) is 1.89. The van der Waals surface area contributed by atoms with E-state index >= 15 is 0 Å². The van der Waals surface area contributed by atoms with E-state index in [0.29, 0.717) is 0 Å². The van der Waals surface area contributed by atoms with E-state index in [1.165, 1.54) is 0 Å². The molecule has 0 bridgehead atoms. The minimum atomic E-state index is 0.247. The van der Waals surface area contributed by atoms with Crippen molar-refractivity contribution in [2.75, 3.05) is 13.2 Å². The molecule has 0 aromatic heterocycles. The molecule has 0 radical (unpaired) electrons. The highest BCUT2D eigenvalue weighted by atomic mass is 35.5. The average molecular weight is 135 g/mol. The molecule has 1 aliphatic heterocycles. The van der Waals surface area contributed by atoms with Crippen LogP contribution in [0.4, 0.5) is 0 Å². The second-order valence-corrected chi connectivity index (χ2v) is 3.42. The Morgan fingerprint density at radius 2 is 2.12 bits per heavy atom. The lowest BCUT2D eigenvalue weighted by molar-refractivity contribution is -0.100. The molecule has 1 heterocycles. The topological polar surface area (TPSA) is 9.23 Å². The molecular weight excluding hydrogens is 124 g/mol. The second-order valence-electron chi connectivity index (χ2n) is 2.76. The lowest BCUT2D eigenvalue weighted by Crippen LogP contribution is -2.45. The van der Waals surface area contributed by atoms with Gasteiger partial charge in [0.2, 0.25) is 0 Å². The third kappa shape index (κ3) is 0.848. The molecule has 1 rings (SSSR count). The highest BCUT2D eigenvalue weighted by Gasteiger charge is 2.37. The first-order valence-corrected chi connectivity index (χ1v) is 3.31. The minimum Gasteiger partial charge on any atom is -0.380 e. The van der Waals surface area contributed by atoms with Gasteiger partial charge in [-0.05, 0) is 6.92 Å². The van der Waals surface area contributed by atoms with Crippen LogP contribution >= 0.6 is 11.6 Å². The summed E-state index contributed by atoms with van der Waals surface area (Å²) >= 11 is 5.84. The van der Waals surface area contributed by atoms with Gasteiger partial charge in [0.15, 0.2) is 0 Å². The predicted octanol–water partition coefficient (Wildman–Crippen LogP) is 1.65. The third-order valence-electron chi connectivity index (χ3n) is 1.82. The van der Waals surface area contributed by atoms with Gasteiger partial charge in [0.05, 0.1) is 13.2 Å². The molecule has 0 spiro atoms. The van der Waals surface area contributed by atoms with Crippen LogP contribution in [-0.2, 0) is 4.74 Å². The Balaban J connectivity index is 2.41. The molecule has 1 atom stereocenters. The molecule has 0 aromatic rings. The molecular formula is C6H11ClO. The summed E-state index contributed by atoms with van der Waals surface area (Å²) in [4.78, 5) is 0. The summed E-state index contributed by atoms with van der Waals surface area (Å²) in [5.74, 6) is 0. The number of ether oxygens (including phenoxy) is 1. The molecule has 1 unspecified atom stereocenters. The van der Waals surface area contributed by atoms with Crippen LogP contribution in [0.2, 0.25) is 0 Å². The van der Waals surface area contributed by atoms with Crippen LogP contribution in [0, 0.1) is 5.41 Å². The van der Waals surface area contributed by atoms with Crippen molar-refractivity contribution in [2.24, 2.45) is 5.41 Å². The number of rotatable bonds is 1. The van der Waals surface area contributed by atoms with Gasteiger partial charge in [0.25, 0.3) is 0 Å². The smallest absolute Gasteiger partial charge is 0.0556 e. The predicted molar refractivity (Wildman–Crippen MR) is 34.2 cm³/mol. The van der Waals surface area contributed by atoms with E-state index in [4.69, 9.17) is 16.3 Å². The number of hydrogen-bond acceptors (Lipinski definition) is 1. The van der Waals surface area contributed by atoms with Gasteiger partial charge < -0.3 is 4.74 Å². The maximum Gasteiger partial charge on any atom is 0.0556 e. The molecule has 1 saturated heterocycles. The molecule has 0 amide bonds. The van der Waals surface area contributed by atoms with Crippen LogP contribution in [0.15, 0.2) is 0 Å². The first-order chi connectivity index (χ1) is 3.65. The molecule has 0 saturated carbocycles. The first kappa shape index (κ1) is 6.37. The maximum atomic E-state index is 5.84. The van der Waals surface area contributed by atoms with Crippen LogP contribution in [-0.4, -0.2) is 18.6 Å². The molecule has 1 aliphatic rings. The molecule has 0 N–H and O–H groups in total. The summed E-state index contributed by atoms with van der Waals surface area (Å²) in [6.07, 6.45) is 0. The Kier molecular flexibility index (Phi) is 1.50. The molecule has 48 valence electrons. The van der Waals surface area contributed by atoms with E-state index in [0.717, 1.165) is 13.2 Å². The Labute approximate surface area is 55.0 Å². The fourth-order valence-corrected chi connectivity index (χ4v) is 0.780. The summed E-state index contributed by atoms with van der Waals surface area (Å²) in [6.45, 7) is 5.83. The van der Waals surface area contributed by atoms with Gasteiger partial charge in [-0.1, -0.05) is 6.92 Å². The van der Waals surface area contributed by atoms with E-state index in [1.807, 2.05) is 6.92 Å². The monoisotopic (exact) mass is 134 g/mol. The lowest BCUT2D eigenvalue weighted by atomic mass is 9.85. The summed E-state index contributed by atoms with van der Waals surface area (Å²) in [5.41, 5.74) is 0.265. The lowest BCUT2D eigenvalue weighted by Gasteiger charge is -2.40. The van der Waals surface area contributed by atoms with E-state index in [1.54, 1.807) is 0 Å². The van der Waals surface area contributed by atoms with E-state index < -0.39 is 0 Å². The Morgan fingerprint density at radius 1 is 1.62 bits per heavy atom. The van der Waals surface area contributed by atoms with Gasteiger partial charge >= 0.3 is 0 Å². The third-order valence-corrected chi connectivity index (χ3v) is 2.35. The van der Waals surface area contributed by atoms with Crippen LogP contribution in [0.3, 0.4) is 0 Å². The maximum absolute atomic E-state index is 5.84. The average Bonchev–Trinajstić information content (AvgIpc) is 1.60. The molecule has 1 nitrogen and oxygen atoms in total. The zero-order chi connectivity index (χ0) is 6.20. The van der Waals surface area contributed by atoms with Crippen molar-refractivity contribution in [1.29, 1.82) is 0 Å². The summed E-state index contributed by atoms with van der Waals surface area (Å²) in [5, 5.41) is 0.247. The molecule has 0 aliphatic carbocycles. The fourth-order valence-electron chi connectivity index (χ4n) is 0.654. The van der Waals surface area contributed by atoms with E-state index in [9.17, 15) is 0 Å². The van der Waals surface area contributed by atoms with Gasteiger partial charge in [-0.2, -0.15) is 0 Å². The SMILES string of the molecule is CC(Cl)C1(C)COC1. The molecule has 1 fully saturated rings. The van der Waals surface area contributed by atoms with Crippen molar-refractivity contribution in [3.05, 3.63) is 0 Å². The summed E-state index contributed by atoms with van der Waals surface area (Å²) in [6, 6.07) is 0. The fraction of sp³-hybridized carbons (Fsp3) is 1.00. The van der Waals surface area contributed by atoms with Gasteiger partial charge in [0.1, 0.15) is 0 Å². The normalized spacial score (nSPS) is 28.9. The van der Waals surface area contributed by atoms with E-state index in [-0.39, 0.29) is 10.8 Å². The highest BCUT2D eigenvalue weighted by molar-refractivity contribution is 6.20.